The van der Waals surface area contributed by atoms with Crippen LogP contribution in [0.5, 0.6) is 0 Å². The van der Waals surface area contributed by atoms with Gasteiger partial charge in [0.25, 0.3) is 5.91 Å². The molecule has 0 radical (unpaired) electrons. The van der Waals surface area contributed by atoms with E-state index in [-0.39, 0.29) is 22.0 Å². The fraction of sp³-hybridized carbons (Fsp3) is 0.133. The number of aromatic nitrogens is 1. The number of rotatable bonds is 5. The second kappa shape index (κ2) is 7.09. The standard InChI is InChI=1S/C15H15N3O5S/c1-24(21,22)12-7-3-2-6-11(12)18-13(19)9-23-15(20)10-5-4-8-17-14(10)16/h2-8H,9H2,1H3,(H2,16,17)(H,18,19). The van der Waals surface area contributed by atoms with E-state index in [0.717, 1.165) is 6.26 Å². The number of anilines is 2. The summed E-state index contributed by atoms with van der Waals surface area (Å²) in [6.45, 7) is -0.592. The predicted molar refractivity (Wildman–Crippen MR) is 87.1 cm³/mol. The number of nitrogen functional groups attached to an aromatic ring is 1. The van der Waals surface area contributed by atoms with Crippen molar-refractivity contribution in [2.24, 2.45) is 0 Å². The zero-order chi connectivity index (χ0) is 17.7. The van der Waals surface area contributed by atoms with Crippen LogP contribution in [-0.4, -0.2) is 38.1 Å². The molecule has 24 heavy (non-hydrogen) atoms. The minimum atomic E-state index is -3.51. The first-order chi connectivity index (χ1) is 11.3. The predicted octanol–water partition coefficient (Wildman–Crippen LogP) is 0.863. The first-order valence-electron chi connectivity index (χ1n) is 6.75. The molecule has 0 fully saturated rings. The van der Waals surface area contributed by atoms with Gasteiger partial charge >= 0.3 is 5.97 Å². The van der Waals surface area contributed by atoms with Crippen LogP contribution < -0.4 is 11.1 Å². The van der Waals surface area contributed by atoms with Crippen molar-refractivity contribution in [2.45, 2.75) is 4.90 Å². The van der Waals surface area contributed by atoms with Crippen LogP contribution in [0.3, 0.4) is 0 Å². The molecular formula is C15H15N3O5S. The number of sulfone groups is 1. The van der Waals surface area contributed by atoms with Gasteiger partial charge in [-0.15, -0.1) is 0 Å². The molecule has 126 valence electrons. The van der Waals surface area contributed by atoms with Crippen LogP contribution in [0.1, 0.15) is 10.4 Å². The van der Waals surface area contributed by atoms with Crippen molar-refractivity contribution in [1.82, 2.24) is 4.98 Å². The maximum atomic E-state index is 11.9. The Hall–Kier alpha value is -2.94. The number of amides is 1. The molecule has 0 saturated heterocycles. The molecule has 8 nitrogen and oxygen atoms in total. The number of hydrogen-bond acceptors (Lipinski definition) is 7. The Labute approximate surface area is 138 Å². The van der Waals surface area contributed by atoms with Gasteiger partial charge in [0.1, 0.15) is 11.4 Å². The first kappa shape index (κ1) is 17.4. The average Bonchev–Trinajstić information content (AvgIpc) is 2.52. The normalized spacial score (nSPS) is 10.9. The number of nitrogens with zero attached hydrogens (tertiary/aromatic N) is 1. The lowest BCUT2D eigenvalue weighted by Gasteiger charge is -2.10. The smallest absolute Gasteiger partial charge is 0.342 e. The van der Waals surface area contributed by atoms with E-state index in [1.54, 1.807) is 6.07 Å². The lowest BCUT2D eigenvalue weighted by atomic mass is 10.2. The quantitative estimate of drug-likeness (QED) is 0.766. The maximum absolute atomic E-state index is 11.9. The van der Waals surface area contributed by atoms with Crippen LogP contribution in [0.2, 0.25) is 0 Å². The first-order valence-corrected chi connectivity index (χ1v) is 8.64. The van der Waals surface area contributed by atoms with E-state index in [4.69, 9.17) is 10.5 Å². The number of nitrogens with one attached hydrogen (secondary N) is 1. The number of benzene rings is 1. The molecule has 2 rings (SSSR count). The van der Waals surface area contributed by atoms with E-state index in [9.17, 15) is 18.0 Å². The summed E-state index contributed by atoms with van der Waals surface area (Å²) in [7, 11) is -3.51. The third-order valence-corrected chi connectivity index (χ3v) is 4.11. The second-order valence-electron chi connectivity index (χ2n) is 4.83. The number of pyridine rings is 1. The number of nitrogens with two attached hydrogens (primary N) is 1. The zero-order valence-electron chi connectivity index (χ0n) is 12.7. The minimum absolute atomic E-state index is 0.00895. The molecule has 1 amide bonds. The fourth-order valence-electron chi connectivity index (χ4n) is 1.88. The van der Waals surface area contributed by atoms with Crippen LogP contribution in [-0.2, 0) is 19.4 Å². The van der Waals surface area contributed by atoms with Gasteiger partial charge in [0.2, 0.25) is 0 Å². The van der Waals surface area contributed by atoms with Crippen molar-refractivity contribution in [2.75, 3.05) is 23.9 Å². The van der Waals surface area contributed by atoms with E-state index in [0.29, 0.717) is 0 Å². The van der Waals surface area contributed by atoms with Gasteiger partial charge in [-0.05, 0) is 24.3 Å². The minimum Gasteiger partial charge on any atom is -0.452 e. The highest BCUT2D eigenvalue weighted by atomic mass is 32.2. The molecule has 0 aliphatic carbocycles. The molecule has 0 spiro atoms. The average molecular weight is 349 g/mol. The van der Waals surface area contributed by atoms with Crippen LogP contribution in [0, 0.1) is 0 Å². The van der Waals surface area contributed by atoms with E-state index in [2.05, 4.69) is 10.3 Å². The summed E-state index contributed by atoms with van der Waals surface area (Å²) in [4.78, 5) is 27.4. The van der Waals surface area contributed by atoms with Gasteiger partial charge in [-0.1, -0.05) is 12.1 Å². The molecule has 1 aromatic carbocycles. The van der Waals surface area contributed by atoms with Crippen LogP contribution in [0.4, 0.5) is 11.5 Å². The van der Waals surface area contributed by atoms with Gasteiger partial charge in [0.05, 0.1) is 10.6 Å². The van der Waals surface area contributed by atoms with Crippen molar-refractivity contribution in [3.8, 4) is 0 Å². The van der Waals surface area contributed by atoms with Crippen LogP contribution in [0.15, 0.2) is 47.5 Å². The number of esters is 1. The molecule has 0 bridgehead atoms. The summed E-state index contributed by atoms with van der Waals surface area (Å²) in [5, 5.41) is 2.40. The fourth-order valence-corrected chi connectivity index (χ4v) is 2.72. The van der Waals surface area contributed by atoms with Crippen molar-refractivity contribution in [3.05, 3.63) is 48.2 Å². The highest BCUT2D eigenvalue weighted by Gasteiger charge is 2.17. The van der Waals surface area contributed by atoms with Gasteiger partial charge in [0.15, 0.2) is 16.4 Å². The number of carbonyl (C=O) groups excluding carboxylic acids is 2. The van der Waals surface area contributed by atoms with Gasteiger partial charge in [-0.2, -0.15) is 0 Å². The zero-order valence-corrected chi connectivity index (χ0v) is 13.5. The third-order valence-electron chi connectivity index (χ3n) is 2.95. The number of carbonyl (C=O) groups is 2. The topological polar surface area (TPSA) is 128 Å². The Kier molecular flexibility index (Phi) is 5.14. The molecule has 2 aromatic rings. The second-order valence-corrected chi connectivity index (χ2v) is 6.81. The third kappa shape index (κ3) is 4.29. The molecule has 0 aliphatic rings. The van der Waals surface area contributed by atoms with E-state index >= 15 is 0 Å². The van der Waals surface area contributed by atoms with Crippen LogP contribution in [0.25, 0.3) is 0 Å². The molecule has 0 atom stereocenters. The maximum Gasteiger partial charge on any atom is 0.342 e. The van der Waals surface area contributed by atoms with Crippen molar-refractivity contribution >= 4 is 33.2 Å². The Morgan fingerprint density at radius 2 is 1.92 bits per heavy atom. The van der Waals surface area contributed by atoms with Gasteiger partial charge in [-0.3, -0.25) is 4.79 Å². The molecule has 9 heteroatoms. The molecule has 0 saturated carbocycles. The summed E-state index contributed by atoms with van der Waals surface area (Å²) in [5.74, 6) is -1.49. The van der Waals surface area contributed by atoms with Gasteiger partial charge in [-0.25, -0.2) is 18.2 Å². The van der Waals surface area contributed by atoms with Crippen molar-refractivity contribution in [3.63, 3.8) is 0 Å². The summed E-state index contributed by atoms with van der Waals surface area (Å²) < 4.78 is 28.2. The summed E-state index contributed by atoms with van der Waals surface area (Å²) in [5.41, 5.74) is 5.70. The molecule has 0 unspecified atom stereocenters. The Morgan fingerprint density at radius 1 is 1.21 bits per heavy atom. The summed E-state index contributed by atoms with van der Waals surface area (Å²) >= 11 is 0. The van der Waals surface area contributed by atoms with E-state index < -0.39 is 28.3 Å². The highest BCUT2D eigenvalue weighted by molar-refractivity contribution is 7.90. The van der Waals surface area contributed by atoms with Crippen molar-refractivity contribution < 1.29 is 22.7 Å². The number of hydrogen-bond donors (Lipinski definition) is 2. The van der Waals surface area contributed by atoms with Crippen LogP contribution >= 0.6 is 0 Å². The molecule has 3 N–H and O–H groups in total. The highest BCUT2D eigenvalue weighted by Crippen LogP contribution is 2.20. The monoisotopic (exact) mass is 349 g/mol. The lowest BCUT2D eigenvalue weighted by molar-refractivity contribution is -0.119. The SMILES string of the molecule is CS(=O)(=O)c1ccccc1NC(=O)COC(=O)c1cccnc1N. The van der Waals surface area contributed by atoms with E-state index in [1.165, 1.54) is 36.5 Å². The lowest BCUT2D eigenvalue weighted by Crippen LogP contribution is -2.22. The van der Waals surface area contributed by atoms with Gasteiger partial charge in [0, 0.05) is 12.5 Å². The van der Waals surface area contributed by atoms with Gasteiger partial charge < -0.3 is 15.8 Å². The molecule has 0 aliphatic heterocycles. The Bertz CT molecular complexity index is 880. The van der Waals surface area contributed by atoms with Crippen molar-refractivity contribution in [1.29, 1.82) is 0 Å². The summed E-state index contributed by atoms with van der Waals surface area (Å²) in [6, 6.07) is 8.85. The Balaban J connectivity index is 2.03. The molecular weight excluding hydrogens is 334 g/mol. The molecule has 1 aromatic heterocycles. The largest absolute Gasteiger partial charge is 0.452 e. The molecule has 1 heterocycles. The number of ether oxygens (including phenoxy) is 1. The van der Waals surface area contributed by atoms with E-state index in [1.807, 2.05) is 0 Å². The summed E-state index contributed by atoms with van der Waals surface area (Å²) in [6.07, 6.45) is 2.45. The Morgan fingerprint density at radius 3 is 2.58 bits per heavy atom. The number of para-hydroxylation sites is 1.